The predicted octanol–water partition coefficient (Wildman–Crippen LogP) is 1.07. The van der Waals surface area contributed by atoms with Gasteiger partial charge in [0.15, 0.2) is 0 Å². The van der Waals surface area contributed by atoms with E-state index in [1.54, 1.807) is 0 Å². The number of likely N-dealkylation sites (N-methyl/N-ethyl adjacent to an activating group) is 1. The number of carbonyl (C=O) groups excluding carboxylic acids is 1. The molecule has 0 aromatic heterocycles. The van der Waals surface area contributed by atoms with Crippen molar-refractivity contribution in [3.63, 3.8) is 0 Å². The Morgan fingerprint density at radius 2 is 2.38 bits per heavy atom. The molecule has 0 N–H and O–H groups in total. The molecule has 0 aromatic rings. The lowest BCUT2D eigenvalue weighted by molar-refractivity contribution is -0.123. The molecule has 1 heterocycles. The molecule has 0 amide bonds. The van der Waals surface area contributed by atoms with Gasteiger partial charge in [-0.2, -0.15) is 0 Å². The normalized spacial score (nSPS) is 25.1. The Bertz CT molecular complexity index is 176. The minimum absolute atomic E-state index is 0.0386. The minimum Gasteiger partial charge on any atom is -0.380 e. The van der Waals surface area contributed by atoms with Gasteiger partial charge >= 0.3 is 0 Å². The number of hydrogen-bond acceptors (Lipinski definition) is 3. The standard InChI is InChI=1S/C10H19NO2/c1-4-10(12)8(2)11(3)9-5-6-13-7-9/h8-9H,4-7H2,1-3H3. The van der Waals surface area contributed by atoms with Crippen LogP contribution < -0.4 is 0 Å². The van der Waals surface area contributed by atoms with E-state index in [-0.39, 0.29) is 6.04 Å². The van der Waals surface area contributed by atoms with Gasteiger partial charge in [-0.05, 0) is 20.4 Å². The molecule has 1 aliphatic heterocycles. The average molecular weight is 185 g/mol. The van der Waals surface area contributed by atoms with E-state index in [1.165, 1.54) is 0 Å². The van der Waals surface area contributed by atoms with Gasteiger partial charge in [0, 0.05) is 19.1 Å². The van der Waals surface area contributed by atoms with Crippen molar-refractivity contribution in [1.82, 2.24) is 4.90 Å². The zero-order chi connectivity index (χ0) is 9.84. The van der Waals surface area contributed by atoms with Gasteiger partial charge in [0.1, 0.15) is 5.78 Å². The third-order valence-corrected chi connectivity index (χ3v) is 2.91. The van der Waals surface area contributed by atoms with E-state index in [4.69, 9.17) is 4.74 Å². The second-order valence-electron chi connectivity index (χ2n) is 3.68. The van der Waals surface area contributed by atoms with Crippen molar-refractivity contribution in [3.8, 4) is 0 Å². The quantitative estimate of drug-likeness (QED) is 0.656. The van der Waals surface area contributed by atoms with Crippen LogP contribution in [0.15, 0.2) is 0 Å². The number of ketones is 1. The summed E-state index contributed by atoms with van der Waals surface area (Å²) >= 11 is 0. The second-order valence-corrected chi connectivity index (χ2v) is 3.68. The van der Waals surface area contributed by atoms with Gasteiger partial charge in [0.2, 0.25) is 0 Å². The SMILES string of the molecule is CCC(=O)C(C)N(C)C1CCOC1. The molecule has 0 aromatic carbocycles. The molecule has 0 bridgehead atoms. The Labute approximate surface area is 80.1 Å². The lowest BCUT2D eigenvalue weighted by Gasteiger charge is -2.28. The van der Waals surface area contributed by atoms with Crippen LogP contribution in [-0.2, 0) is 9.53 Å². The van der Waals surface area contributed by atoms with Crippen molar-refractivity contribution in [3.05, 3.63) is 0 Å². The molecule has 1 aliphatic rings. The average Bonchev–Trinajstić information content (AvgIpc) is 2.67. The van der Waals surface area contributed by atoms with Gasteiger partial charge in [0.25, 0.3) is 0 Å². The number of ether oxygens (including phenoxy) is 1. The Hall–Kier alpha value is -0.410. The molecule has 0 spiro atoms. The summed E-state index contributed by atoms with van der Waals surface area (Å²) in [6.45, 7) is 5.50. The Kier molecular flexibility index (Phi) is 3.88. The summed E-state index contributed by atoms with van der Waals surface area (Å²) in [7, 11) is 2.01. The summed E-state index contributed by atoms with van der Waals surface area (Å²) in [5.74, 6) is 0.314. The Balaban J connectivity index is 2.45. The summed E-state index contributed by atoms with van der Waals surface area (Å²) in [5.41, 5.74) is 0. The second kappa shape index (κ2) is 4.72. The number of hydrogen-bond donors (Lipinski definition) is 0. The maximum atomic E-state index is 11.4. The zero-order valence-corrected chi connectivity index (χ0v) is 8.75. The third kappa shape index (κ3) is 2.51. The molecule has 1 fully saturated rings. The van der Waals surface area contributed by atoms with Crippen LogP contribution in [0.4, 0.5) is 0 Å². The summed E-state index contributed by atoms with van der Waals surface area (Å²) in [5, 5.41) is 0. The maximum absolute atomic E-state index is 11.4. The van der Waals surface area contributed by atoms with Crippen molar-refractivity contribution < 1.29 is 9.53 Å². The fourth-order valence-electron chi connectivity index (χ4n) is 1.68. The lowest BCUT2D eigenvalue weighted by Crippen LogP contribution is -2.43. The van der Waals surface area contributed by atoms with Crippen LogP contribution in [-0.4, -0.2) is 43.0 Å². The highest BCUT2D eigenvalue weighted by atomic mass is 16.5. The van der Waals surface area contributed by atoms with Crippen LogP contribution >= 0.6 is 0 Å². The van der Waals surface area contributed by atoms with Crippen LogP contribution in [0.25, 0.3) is 0 Å². The first kappa shape index (κ1) is 10.7. The summed E-state index contributed by atoms with van der Waals surface area (Å²) in [6.07, 6.45) is 1.68. The van der Waals surface area contributed by atoms with Gasteiger partial charge in [-0.25, -0.2) is 0 Å². The largest absolute Gasteiger partial charge is 0.380 e. The van der Waals surface area contributed by atoms with Crippen molar-refractivity contribution in [1.29, 1.82) is 0 Å². The molecular formula is C10H19NO2. The lowest BCUT2D eigenvalue weighted by atomic mass is 10.1. The fourth-order valence-corrected chi connectivity index (χ4v) is 1.68. The third-order valence-electron chi connectivity index (χ3n) is 2.91. The van der Waals surface area contributed by atoms with Crippen LogP contribution in [0.3, 0.4) is 0 Å². The van der Waals surface area contributed by atoms with Gasteiger partial charge in [-0.15, -0.1) is 0 Å². The van der Waals surface area contributed by atoms with Gasteiger partial charge in [-0.3, -0.25) is 9.69 Å². The number of nitrogens with zero attached hydrogens (tertiary/aromatic N) is 1. The van der Waals surface area contributed by atoms with Crippen LogP contribution in [0.1, 0.15) is 26.7 Å². The molecule has 2 atom stereocenters. The summed E-state index contributed by atoms with van der Waals surface area (Å²) in [6, 6.07) is 0.474. The van der Waals surface area contributed by atoms with Crippen LogP contribution in [0, 0.1) is 0 Å². The number of Topliss-reactive ketones (excluding diaryl/α,β-unsaturated/α-hetero) is 1. The molecule has 1 saturated heterocycles. The highest BCUT2D eigenvalue weighted by molar-refractivity contribution is 5.83. The van der Waals surface area contributed by atoms with Crippen LogP contribution in [0.2, 0.25) is 0 Å². The highest BCUT2D eigenvalue weighted by Crippen LogP contribution is 2.14. The van der Waals surface area contributed by atoms with Crippen molar-refractivity contribution in [2.75, 3.05) is 20.3 Å². The molecule has 3 nitrogen and oxygen atoms in total. The van der Waals surface area contributed by atoms with Crippen molar-refractivity contribution >= 4 is 5.78 Å². The molecule has 13 heavy (non-hydrogen) atoms. The van der Waals surface area contributed by atoms with E-state index in [0.29, 0.717) is 18.2 Å². The van der Waals surface area contributed by atoms with Gasteiger partial charge in [-0.1, -0.05) is 6.92 Å². The van der Waals surface area contributed by atoms with Crippen molar-refractivity contribution in [2.24, 2.45) is 0 Å². The fraction of sp³-hybridized carbons (Fsp3) is 0.900. The predicted molar refractivity (Wildman–Crippen MR) is 51.7 cm³/mol. The first-order chi connectivity index (χ1) is 6.16. The highest BCUT2D eigenvalue weighted by Gasteiger charge is 2.26. The topological polar surface area (TPSA) is 29.5 Å². The number of rotatable bonds is 4. The van der Waals surface area contributed by atoms with E-state index in [2.05, 4.69) is 4.90 Å². The first-order valence-corrected chi connectivity index (χ1v) is 4.99. The summed E-state index contributed by atoms with van der Waals surface area (Å²) in [4.78, 5) is 13.6. The molecule has 3 heteroatoms. The van der Waals surface area contributed by atoms with Gasteiger partial charge in [0.05, 0.1) is 12.6 Å². The smallest absolute Gasteiger partial charge is 0.149 e. The minimum atomic E-state index is 0.0386. The van der Waals surface area contributed by atoms with E-state index in [9.17, 15) is 4.79 Å². The molecule has 1 rings (SSSR count). The molecular weight excluding hydrogens is 166 g/mol. The maximum Gasteiger partial charge on any atom is 0.149 e. The van der Waals surface area contributed by atoms with Gasteiger partial charge < -0.3 is 4.74 Å². The Morgan fingerprint density at radius 1 is 1.69 bits per heavy atom. The molecule has 2 unspecified atom stereocenters. The molecule has 0 radical (unpaired) electrons. The zero-order valence-electron chi connectivity index (χ0n) is 8.75. The molecule has 76 valence electrons. The Morgan fingerprint density at radius 3 is 2.85 bits per heavy atom. The summed E-state index contributed by atoms with van der Waals surface area (Å²) < 4.78 is 5.29. The molecule has 0 saturated carbocycles. The molecule has 0 aliphatic carbocycles. The first-order valence-electron chi connectivity index (χ1n) is 4.99. The van der Waals surface area contributed by atoms with Crippen LogP contribution in [0.5, 0.6) is 0 Å². The van der Waals surface area contributed by atoms with Crippen molar-refractivity contribution in [2.45, 2.75) is 38.8 Å². The number of carbonyl (C=O) groups is 1. The van der Waals surface area contributed by atoms with E-state index < -0.39 is 0 Å². The van der Waals surface area contributed by atoms with E-state index in [0.717, 1.165) is 19.6 Å². The monoisotopic (exact) mass is 185 g/mol. The van der Waals surface area contributed by atoms with E-state index >= 15 is 0 Å². The van der Waals surface area contributed by atoms with E-state index in [1.807, 2.05) is 20.9 Å².